The van der Waals surface area contributed by atoms with Gasteiger partial charge in [-0.3, -0.25) is 0 Å². The standard InChI is InChI=1S/C21H23N7/c22-11-14-3-7-17(8-4-14)25-12-15-1-5-16(6-2-15)19(28-23)20-18-9-10-24-21(18)27-13-26-20/h3-4,7-10,13,15-16,19,23,25H,1-2,5-6,12H2,(H,24,26,27). The van der Waals surface area contributed by atoms with Crippen molar-refractivity contribution in [1.82, 2.24) is 15.0 Å². The molecule has 142 valence electrons. The van der Waals surface area contributed by atoms with E-state index >= 15 is 0 Å². The van der Waals surface area contributed by atoms with E-state index in [2.05, 4.69) is 31.5 Å². The van der Waals surface area contributed by atoms with E-state index in [0.717, 1.165) is 54.6 Å². The molecule has 0 radical (unpaired) electrons. The molecule has 0 amide bonds. The quantitative estimate of drug-likeness (QED) is 0.537. The largest absolute Gasteiger partial charge is 0.385 e. The second kappa shape index (κ2) is 8.17. The van der Waals surface area contributed by atoms with E-state index < -0.39 is 0 Å². The Balaban J connectivity index is 1.35. The average molecular weight is 373 g/mol. The third-order valence-electron chi connectivity index (χ3n) is 5.75. The van der Waals surface area contributed by atoms with E-state index in [1.807, 2.05) is 36.5 Å². The van der Waals surface area contributed by atoms with Crippen LogP contribution in [0.5, 0.6) is 0 Å². The van der Waals surface area contributed by atoms with Gasteiger partial charge in [0.25, 0.3) is 0 Å². The van der Waals surface area contributed by atoms with Gasteiger partial charge in [0.05, 0.1) is 17.3 Å². The Morgan fingerprint density at radius 1 is 1.18 bits per heavy atom. The van der Waals surface area contributed by atoms with E-state index in [0.29, 0.717) is 17.4 Å². The van der Waals surface area contributed by atoms with Crippen LogP contribution < -0.4 is 5.32 Å². The van der Waals surface area contributed by atoms with Crippen LogP contribution in [0.4, 0.5) is 5.69 Å². The highest BCUT2D eigenvalue weighted by Gasteiger charge is 2.30. The molecule has 7 nitrogen and oxygen atoms in total. The molecule has 7 heteroatoms. The average Bonchev–Trinajstić information content (AvgIpc) is 3.24. The summed E-state index contributed by atoms with van der Waals surface area (Å²) in [5.74, 6) is 0.951. The molecule has 1 unspecified atom stereocenters. The van der Waals surface area contributed by atoms with Crippen LogP contribution in [0.25, 0.3) is 11.0 Å². The fraction of sp³-hybridized carbons (Fsp3) is 0.381. The number of fused-ring (bicyclic) bond motifs is 1. The van der Waals surface area contributed by atoms with E-state index in [-0.39, 0.29) is 6.04 Å². The molecule has 0 saturated heterocycles. The van der Waals surface area contributed by atoms with Crippen molar-refractivity contribution in [2.24, 2.45) is 17.0 Å². The van der Waals surface area contributed by atoms with E-state index in [1.54, 1.807) is 6.33 Å². The number of nitrogens with one attached hydrogen (secondary N) is 3. The summed E-state index contributed by atoms with van der Waals surface area (Å²) in [5.41, 5.74) is 11.2. The Morgan fingerprint density at radius 2 is 1.96 bits per heavy atom. The third-order valence-corrected chi connectivity index (χ3v) is 5.75. The normalized spacial score (nSPS) is 20.4. The molecule has 1 aromatic carbocycles. The summed E-state index contributed by atoms with van der Waals surface area (Å²) in [4.78, 5) is 11.8. The molecular weight excluding hydrogens is 350 g/mol. The van der Waals surface area contributed by atoms with Gasteiger partial charge >= 0.3 is 0 Å². The summed E-state index contributed by atoms with van der Waals surface area (Å²) in [5, 5.41) is 17.3. The Hall–Kier alpha value is -3.27. The number of aromatic amines is 1. The molecular formula is C21H23N7. The fourth-order valence-electron chi connectivity index (χ4n) is 4.15. The van der Waals surface area contributed by atoms with Crippen LogP contribution in [0.3, 0.4) is 0 Å². The molecule has 2 heterocycles. The number of nitriles is 1. The minimum Gasteiger partial charge on any atom is -0.385 e. The molecule has 4 rings (SSSR count). The monoisotopic (exact) mass is 373 g/mol. The van der Waals surface area contributed by atoms with Gasteiger partial charge < -0.3 is 10.3 Å². The van der Waals surface area contributed by atoms with Crippen molar-refractivity contribution in [2.75, 3.05) is 11.9 Å². The Bertz CT molecular complexity index is 978. The van der Waals surface area contributed by atoms with Gasteiger partial charge in [-0.1, -0.05) is 0 Å². The summed E-state index contributed by atoms with van der Waals surface area (Å²) in [6.07, 6.45) is 7.73. The molecule has 0 aliphatic heterocycles. The highest BCUT2D eigenvalue weighted by Crippen LogP contribution is 2.40. The number of nitrogens with zero attached hydrogens (tertiary/aromatic N) is 4. The van der Waals surface area contributed by atoms with Gasteiger partial charge in [-0.05, 0) is 67.9 Å². The zero-order chi connectivity index (χ0) is 19.3. The fourth-order valence-corrected chi connectivity index (χ4v) is 4.15. The summed E-state index contributed by atoms with van der Waals surface area (Å²) in [7, 11) is 0. The van der Waals surface area contributed by atoms with E-state index in [9.17, 15) is 0 Å². The number of hydrogen-bond donors (Lipinski definition) is 3. The van der Waals surface area contributed by atoms with Gasteiger partial charge in [0.1, 0.15) is 18.0 Å². The molecule has 0 bridgehead atoms. The van der Waals surface area contributed by atoms with Crippen LogP contribution in [-0.2, 0) is 0 Å². The molecule has 1 fully saturated rings. The number of hydrogen-bond acceptors (Lipinski definition) is 6. The minimum atomic E-state index is -0.200. The first-order valence-electron chi connectivity index (χ1n) is 9.67. The highest BCUT2D eigenvalue weighted by atomic mass is 15.0. The lowest BCUT2D eigenvalue weighted by atomic mass is 9.77. The number of benzene rings is 1. The minimum absolute atomic E-state index is 0.200. The second-order valence-electron chi connectivity index (χ2n) is 7.42. The highest BCUT2D eigenvalue weighted by molar-refractivity contribution is 5.78. The molecule has 3 aromatic rings. The van der Waals surface area contributed by atoms with Gasteiger partial charge in [0, 0.05) is 23.8 Å². The van der Waals surface area contributed by atoms with Crippen molar-refractivity contribution in [3.8, 4) is 6.07 Å². The molecule has 1 aliphatic rings. The molecule has 28 heavy (non-hydrogen) atoms. The van der Waals surface area contributed by atoms with Crippen LogP contribution in [0, 0.1) is 28.7 Å². The van der Waals surface area contributed by atoms with Crippen LogP contribution in [0.15, 0.2) is 48.0 Å². The zero-order valence-electron chi connectivity index (χ0n) is 15.6. The zero-order valence-corrected chi connectivity index (χ0v) is 15.6. The topological polar surface area (TPSA) is 114 Å². The van der Waals surface area contributed by atoms with Crippen molar-refractivity contribution in [3.05, 3.63) is 54.1 Å². The summed E-state index contributed by atoms with van der Waals surface area (Å²) < 4.78 is 0. The molecule has 1 saturated carbocycles. The van der Waals surface area contributed by atoms with Gasteiger partial charge in [0.15, 0.2) is 0 Å². The van der Waals surface area contributed by atoms with Gasteiger partial charge in [-0.25, -0.2) is 15.5 Å². The molecule has 3 N–H and O–H groups in total. The predicted molar refractivity (Wildman–Crippen MR) is 107 cm³/mol. The van der Waals surface area contributed by atoms with E-state index in [4.69, 9.17) is 10.8 Å². The SMILES string of the molecule is N#Cc1ccc(NCC2CCC(C(N=N)c3ncnc4[nH]ccc34)CC2)cc1. The van der Waals surface area contributed by atoms with Gasteiger partial charge in [0.2, 0.25) is 0 Å². The van der Waals surface area contributed by atoms with Gasteiger partial charge in [-0.2, -0.15) is 10.4 Å². The van der Waals surface area contributed by atoms with Crippen molar-refractivity contribution < 1.29 is 0 Å². The first kappa shape index (κ1) is 18.1. The number of anilines is 1. The maximum atomic E-state index is 8.88. The first-order valence-corrected chi connectivity index (χ1v) is 9.67. The Morgan fingerprint density at radius 3 is 2.68 bits per heavy atom. The maximum Gasteiger partial charge on any atom is 0.141 e. The van der Waals surface area contributed by atoms with Crippen LogP contribution in [-0.4, -0.2) is 21.5 Å². The van der Waals surface area contributed by atoms with Crippen LogP contribution in [0.1, 0.15) is 43.0 Å². The number of aromatic nitrogens is 3. The number of H-pyrrole nitrogens is 1. The lowest BCUT2D eigenvalue weighted by molar-refractivity contribution is 0.245. The number of rotatable bonds is 6. The van der Waals surface area contributed by atoms with Crippen LogP contribution in [0.2, 0.25) is 0 Å². The summed E-state index contributed by atoms with van der Waals surface area (Å²) in [6.45, 7) is 0.927. The Kier molecular flexibility index (Phi) is 5.29. The van der Waals surface area contributed by atoms with E-state index in [1.165, 1.54) is 0 Å². The summed E-state index contributed by atoms with van der Waals surface area (Å²) in [6, 6.07) is 11.5. The first-order chi connectivity index (χ1) is 13.8. The predicted octanol–water partition coefficient (Wildman–Crippen LogP) is 4.82. The Labute approximate surface area is 163 Å². The molecule has 0 spiro atoms. The molecule has 1 aliphatic carbocycles. The van der Waals surface area contributed by atoms with Crippen molar-refractivity contribution in [3.63, 3.8) is 0 Å². The summed E-state index contributed by atoms with van der Waals surface area (Å²) >= 11 is 0. The third kappa shape index (κ3) is 3.72. The van der Waals surface area contributed by atoms with Crippen molar-refractivity contribution in [1.29, 1.82) is 10.8 Å². The lowest BCUT2D eigenvalue weighted by Crippen LogP contribution is -2.24. The van der Waals surface area contributed by atoms with Crippen molar-refractivity contribution >= 4 is 16.7 Å². The van der Waals surface area contributed by atoms with Crippen LogP contribution >= 0.6 is 0 Å². The smallest absolute Gasteiger partial charge is 0.141 e. The second-order valence-corrected chi connectivity index (χ2v) is 7.42. The maximum absolute atomic E-state index is 8.88. The van der Waals surface area contributed by atoms with Crippen molar-refractivity contribution in [2.45, 2.75) is 31.7 Å². The molecule has 1 atom stereocenters. The van der Waals surface area contributed by atoms with Gasteiger partial charge in [-0.15, -0.1) is 0 Å². The molecule has 2 aromatic heterocycles. The lowest BCUT2D eigenvalue weighted by Gasteiger charge is -2.31.